The molecule has 0 radical (unpaired) electrons. The van der Waals surface area contributed by atoms with Crippen LogP contribution in [0.1, 0.15) is 22.3 Å². The number of aryl methyl sites for hydroxylation is 1. The van der Waals surface area contributed by atoms with Crippen LogP contribution in [0.15, 0.2) is 18.2 Å². The quantitative estimate of drug-likeness (QED) is 0.771. The van der Waals surface area contributed by atoms with Crippen LogP contribution >= 0.6 is 11.6 Å². The average molecular weight is 228 g/mol. The summed E-state index contributed by atoms with van der Waals surface area (Å²) in [6.45, 7) is 2.38. The number of hydrogen-bond donors (Lipinski definition) is 2. The third-order valence-electron chi connectivity index (χ3n) is 2.06. The van der Waals surface area contributed by atoms with Crippen molar-refractivity contribution in [2.24, 2.45) is 0 Å². The summed E-state index contributed by atoms with van der Waals surface area (Å²) in [5.41, 5.74) is 1.36. The molecule has 3 nitrogen and oxygen atoms in total. The summed E-state index contributed by atoms with van der Waals surface area (Å²) >= 11 is 5.99. The van der Waals surface area contributed by atoms with Crippen molar-refractivity contribution < 1.29 is 9.90 Å². The number of amides is 1. The Kier molecular flexibility index (Phi) is 4.59. The van der Waals surface area contributed by atoms with Gasteiger partial charge in [0.15, 0.2) is 0 Å². The van der Waals surface area contributed by atoms with Crippen molar-refractivity contribution in [1.82, 2.24) is 5.32 Å². The zero-order valence-corrected chi connectivity index (χ0v) is 9.34. The molecule has 0 fully saturated rings. The molecule has 0 atom stereocenters. The van der Waals surface area contributed by atoms with Gasteiger partial charge in [-0.15, -0.1) is 0 Å². The topological polar surface area (TPSA) is 49.3 Å². The van der Waals surface area contributed by atoms with Crippen LogP contribution in [0.5, 0.6) is 0 Å². The molecular formula is C11H14ClNO2. The van der Waals surface area contributed by atoms with E-state index in [2.05, 4.69) is 5.32 Å². The van der Waals surface area contributed by atoms with E-state index in [0.29, 0.717) is 23.6 Å². The van der Waals surface area contributed by atoms with Gasteiger partial charge in [-0.05, 0) is 25.0 Å². The van der Waals surface area contributed by atoms with Crippen molar-refractivity contribution in [3.63, 3.8) is 0 Å². The predicted molar refractivity (Wildman–Crippen MR) is 60.2 cm³/mol. The van der Waals surface area contributed by atoms with Crippen LogP contribution in [0.3, 0.4) is 0 Å². The summed E-state index contributed by atoms with van der Waals surface area (Å²) in [5, 5.41) is 11.7. The molecule has 0 aliphatic carbocycles. The minimum absolute atomic E-state index is 0.0713. The Hall–Kier alpha value is -1.06. The Morgan fingerprint density at radius 3 is 2.93 bits per heavy atom. The van der Waals surface area contributed by atoms with Gasteiger partial charge in [-0.25, -0.2) is 0 Å². The van der Waals surface area contributed by atoms with Crippen LogP contribution in [0.2, 0.25) is 5.02 Å². The molecule has 0 aromatic heterocycles. The minimum Gasteiger partial charge on any atom is -0.396 e. The van der Waals surface area contributed by atoms with Gasteiger partial charge in [-0.1, -0.05) is 23.7 Å². The molecule has 1 aromatic rings. The highest BCUT2D eigenvalue weighted by Crippen LogP contribution is 2.19. The Bertz CT molecular complexity index is 352. The van der Waals surface area contributed by atoms with E-state index in [9.17, 15) is 4.79 Å². The number of benzene rings is 1. The number of carbonyl (C=O) groups is 1. The Balaban J connectivity index is 2.69. The molecule has 0 spiro atoms. The van der Waals surface area contributed by atoms with Crippen molar-refractivity contribution in [2.75, 3.05) is 13.2 Å². The van der Waals surface area contributed by atoms with E-state index in [0.717, 1.165) is 5.56 Å². The fourth-order valence-electron chi connectivity index (χ4n) is 1.20. The highest BCUT2D eigenvalue weighted by molar-refractivity contribution is 6.34. The molecule has 0 aliphatic rings. The van der Waals surface area contributed by atoms with E-state index < -0.39 is 0 Å². The number of aliphatic hydroxyl groups is 1. The number of carbonyl (C=O) groups excluding carboxylic acids is 1. The maximum Gasteiger partial charge on any atom is 0.252 e. The molecule has 0 saturated carbocycles. The van der Waals surface area contributed by atoms with Gasteiger partial charge in [0.2, 0.25) is 0 Å². The second-order valence-corrected chi connectivity index (χ2v) is 3.65. The standard InChI is InChI=1S/C11H14ClNO2/c1-8-4-2-5-9(10(8)12)11(15)13-6-3-7-14/h2,4-5,14H,3,6-7H2,1H3,(H,13,15). The molecule has 0 unspecified atom stereocenters. The summed E-state index contributed by atoms with van der Waals surface area (Å²) in [7, 11) is 0. The molecule has 1 rings (SSSR count). The lowest BCUT2D eigenvalue weighted by molar-refractivity contribution is 0.0951. The van der Waals surface area contributed by atoms with E-state index in [4.69, 9.17) is 16.7 Å². The van der Waals surface area contributed by atoms with Crippen molar-refractivity contribution in [1.29, 1.82) is 0 Å². The summed E-state index contributed by atoms with van der Waals surface area (Å²) in [4.78, 5) is 11.6. The molecule has 1 amide bonds. The lowest BCUT2D eigenvalue weighted by Gasteiger charge is -2.07. The number of nitrogens with one attached hydrogen (secondary N) is 1. The van der Waals surface area contributed by atoms with Crippen LogP contribution in [-0.2, 0) is 0 Å². The van der Waals surface area contributed by atoms with E-state index in [1.165, 1.54) is 0 Å². The van der Waals surface area contributed by atoms with Gasteiger partial charge < -0.3 is 10.4 Å². The molecule has 2 N–H and O–H groups in total. The molecule has 82 valence electrons. The normalized spacial score (nSPS) is 10.1. The summed E-state index contributed by atoms with van der Waals surface area (Å²) in [5.74, 6) is -0.197. The predicted octanol–water partition coefficient (Wildman–Crippen LogP) is 1.76. The van der Waals surface area contributed by atoms with Crippen LogP contribution in [0, 0.1) is 6.92 Å². The average Bonchev–Trinajstić information content (AvgIpc) is 2.22. The van der Waals surface area contributed by atoms with Crippen molar-refractivity contribution in [3.05, 3.63) is 34.3 Å². The molecule has 0 saturated heterocycles. The highest BCUT2D eigenvalue weighted by Gasteiger charge is 2.10. The number of rotatable bonds is 4. The van der Waals surface area contributed by atoms with Gasteiger partial charge in [-0.2, -0.15) is 0 Å². The lowest BCUT2D eigenvalue weighted by Crippen LogP contribution is -2.25. The first-order chi connectivity index (χ1) is 7.16. The first-order valence-corrected chi connectivity index (χ1v) is 5.18. The third-order valence-corrected chi connectivity index (χ3v) is 2.56. The van der Waals surface area contributed by atoms with Gasteiger partial charge in [-0.3, -0.25) is 4.79 Å². The monoisotopic (exact) mass is 227 g/mol. The fourth-order valence-corrected chi connectivity index (χ4v) is 1.41. The lowest BCUT2D eigenvalue weighted by atomic mass is 10.1. The van der Waals surface area contributed by atoms with Gasteiger partial charge in [0, 0.05) is 13.2 Å². The molecule has 15 heavy (non-hydrogen) atoms. The van der Waals surface area contributed by atoms with Crippen molar-refractivity contribution in [2.45, 2.75) is 13.3 Å². The summed E-state index contributed by atoms with van der Waals surface area (Å²) < 4.78 is 0. The molecule has 0 bridgehead atoms. The summed E-state index contributed by atoms with van der Waals surface area (Å²) in [6.07, 6.45) is 0.551. The van der Waals surface area contributed by atoms with Crippen LogP contribution in [0.4, 0.5) is 0 Å². The maximum atomic E-state index is 11.6. The van der Waals surface area contributed by atoms with Gasteiger partial charge in [0.1, 0.15) is 0 Å². The maximum absolute atomic E-state index is 11.6. The first kappa shape index (κ1) is 12.0. The van der Waals surface area contributed by atoms with E-state index >= 15 is 0 Å². The van der Waals surface area contributed by atoms with E-state index in [1.807, 2.05) is 13.0 Å². The van der Waals surface area contributed by atoms with Crippen LogP contribution in [0.25, 0.3) is 0 Å². The van der Waals surface area contributed by atoms with Crippen LogP contribution < -0.4 is 5.32 Å². The number of halogens is 1. The Morgan fingerprint density at radius 1 is 1.53 bits per heavy atom. The summed E-state index contributed by atoms with van der Waals surface area (Å²) in [6, 6.07) is 5.33. The minimum atomic E-state index is -0.197. The number of aliphatic hydroxyl groups excluding tert-OH is 1. The van der Waals surface area contributed by atoms with Crippen molar-refractivity contribution >= 4 is 17.5 Å². The third kappa shape index (κ3) is 3.22. The fraction of sp³-hybridized carbons (Fsp3) is 0.364. The highest BCUT2D eigenvalue weighted by atomic mass is 35.5. The Morgan fingerprint density at radius 2 is 2.27 bits per heavy atom. The smallest absolute Gasteiger partial charge is 0.252 e. The van der Waals surface area contributed by atoms with Crippen molar-refractivity contribution in [3.8, 4) is 0 Å². The van der Waals surface area contributed by atoms with E-state index in [-0.39, 0.29) is 12.5 Å². The first-order valence-electron chi connectivity index (χ1n) is 4.81. The van der Waals surface area contributed by atoms with Gasteiger partial charge in [0.05, 0.1) is 10.6 Å². The molecule has 0 heterocycles. The molecule has 1 aromatic carbocycles. The molecule has 0 aliphatic heterocycles. The second-order valence-electron chi connectivity index (χ2n) is 3.27. The molecule has 4 heteroatoms. The van der Waals surface area contributed by atoms with Crippen LogP contribution in [-0.4, -0.2) is 24.2 Å². The zero-order valence-electron chi connectivity index (χ0n) is 8.59. The number of hydrogen-bond acceptors (Lipinski definition) is 2. The Labute approximate surface area is 94.1 Å². The molecular weight excluding hydrogens is 214 g/mol. The SMILES string of the molecule is Cc1cccc(C(=O)NCCCO)c1Cl. The van der Waals surface area contributed by atoms with Gasteiger partial charge >= 0.3 is 0 Å². The second kappa shape index (κ2) is 5.73. The van der Waals surface area contributed by atoms with E-state index in [1.54, 1.807) is 12.1 Å². The zero-order chi connectivity index (χ0) is 11.3. The van der Waals surface area contributed by atoms with Gasteiger partial charge in [0.25, 0.3) is 5.91 Å². The largest absolute Gasteiger partial charge is 0.396 e.